The number of ether oxygens (including phenoxy) is 1. The molecule has 0 aromatic carbocycles. The van der Waals surface area contributed by atoms with Crippen LogP contribution in [0.5, 0.6) is 0 Å². The molecule has 2 heterocycles. The Labute approximate surface area is 90.6 Å². The number of hydrogen-bond donors (Lipinski definition) is 1. The van der Waals surface area contributed by atoms with Gasteiger partial charge in [-0.2, -0.15) is 5.10 Å². The van der Waals surface area contributed by atoms with E-state index in [1.54, 1.807) is 0 Å². The predicted molar refractivity (Wildman–Crippen MR) is 58.6 cm³/mol. The largest absolute Gasteiger partial charge is 0.380 e. The van der Waals surface area contributed by atoms with Crippen LogP contribution in [-0.2, 0) is 18.3 Å². The van der Waals surface area contributed by atoms with Crippen molar-refractivity contribution in [3.63, 3.8) is 0 Å². The lowest BCUT2D eigenvalue weighted by Crippen LogP contribution is -2.36. The second-order valence-electron chi connectivity index (χ2n) is 4.20. The number of aryl methyl sites for hydroxylation is 2. The zero-order chi connectivity index (χ0) is 10.7. The van der Waals surface area contributed by atoms with E-state index in [0.29, 0.717) is 6.04 Å². The maximum atomic E-state index is 5.42. The quantitative estimate of drug-likeness (QED) is 0.807. The molecule has 1 aromatic rings. The van der Waals surface area contributed by atoms with Crippen LogP contribution in [0.25, 0.3) is 0 Å². The summed E-state index contributed by atoms with van der Waals surface area (Å²) in [7, 11) is 1.99. The van der Waals surface area contributed by atoms with Crippen molar-refractivity contribution in [3.8, 4) is 0 Å². The van der Waals surface area contributed by atoms with E-state index >= 15 is 0 Å². The van der Waals surface area contributed by atoms with Crippen LogP contribution in [0.15, 0.2) is 6.07 Å². The zero-order valence-corrected chi connectivity index (χ0v) is 9.49. The summed E-state index contributed by atoms with van der Waals surface area (Å²) >= 11 is 0. The highest BCUT2D eigenvalue weighted by molar-refractivity contribution is 5.08. The number of rotatable bonds is 3. The highest BCUT2D eigenvalue weighted by atomic mass is 16.5. The third-order valence-electron chi connectivity index (χ3n) is 2.83. The van der Waals surface area contributed by atoms with Gasteiger partial charge in [0, 0.05) is 26.2 Å². The van der Waals surface area contributed by atoms with Gasteiger partial charge in [-0.15, -0.1) is 0 Å². The van der Waals surface area contributed by atoms with Gasteiger partial charge in [0.05, 0.1) is 18.0 Å². The van der Waals surface area contributed by atoms with Crippen molar-refractivity contribution in [1.29, 1.82) is 0 Å². The third kappa shape index (κ3) is 2.79. The maximum absolute atomic E-state index is 5.42. The Morgan fingerprint density at radius 2 is 2.53 bits per heavy atom. The Morgan fingerprint density at radius 3 is 3.13 bits per heavy atom. The standard InChI is InChI=1S/C11H19N3O/c1-9-6-11(14(2)13-9)7-12-10-4-3-5-15-8-10/h6,10,12H,3-5,7-8H2,1-2H3. The molecule has 1 unspecified atom stereocenters. The molecule has 0 radical (unpaired) electrons. The van der Waals surface area contributed by atoms with Crippen molar-refractivity contribution in [2.24, 2.45) is 7.05 Å². The van der Waals surface area contributed by atoms with E-state index in [1.165, 1.54) is 18.5 Å². The zero-order valence-electron chi connectivity index (χ0n) is 9.49. The van der Waals surface area contributed by atoms with Crippen molar-refractivity contribution in [2.75, 3.05) is 13.2 Å². The molecule has 84 valence electrons. The summed E-state index contributed by atoms with van der Waals surface area (Å²) < 4.78 is 7.36. The Balaban J connectivity index is 1.84. The highest BCUT2D eigenvalue weighted by Gasteiger charge is 2.13. The smallest absolute Gasteiger partial charge is 0.0619 e. The second kappa shape index (κ2) is 4.77. The van der Waals surface area contributed by atoms with E-state index in [9.17, 15) is 0 Å². The molecular formula is C11H19N3O. The first kappa shape index (κ1) is 10.6. The average molecular weight is 209 g/mol. The molecular weight excluding hydrogens is 190 g/mol. The van der Waals surface area contributed by atoms with Gasteiger partial charge in [-0.3, -0.25) is 4.68 Å². The molecule has 2 rings (SSSR count). The molecule has 0 saturated carbocycles. The fourth-order valence-electron chi connectivity index (χ4n) is 1.98. The fraction of sp³-hybridized carbons (Fsp3) is 0.727. The molecule has 1 aliphatic heterocycles. The summed E-state index contributed by atoms with van der Waals surface area (Å²) in [6, 6.07) is 2.63. The van der Waals surface area contributed by atoms with Crippen molar-refractivity contribution < 1.29 is 4.74 Å². The van der Waals surface area contributed by atoms with Gasteiger partial charge in [0.2, 0.25) is 0 Å². The van der Waals surface area contributed by atoms with Gasteiger partial charge in [-0.25, -0.2) is 0 Å². The van der Waals surface area contributed by atoms with Crippen LogP contribution >= 0.6 is 0 Å². The van der Waals surface area contributed by atoms with E-state index < -0.39 is 0 Å². The van der Waals surface area contributed by atoms with Crippen molar-refractivity contribution in [3.05, 3.63) is 17.5 Å². The summed E-state index contributed by atoms with van der Waals surface area (Å²) in [4.78, 5) is 0. The van der Waals surface area contributed by atoms with E-state index in [0.717, 1.165) is 25.5 Å². The first-order chi connectivity index (χ1) is 7.25. The molecule has 1 aromatic heterocycles. The van der Waals surface area contributed by atoms with Crippen LogP contribution in [0, 0.1) is 6.92 Å². The van der Waals surface area contributed by atoms with Gasteiger partial charge >= 0.3 is 0 Å². The minimum Gasteiger partial charge on any atom is -0.380 e. The van der Waals surface area contributed by atoms with Crippen molar-refractivity contribution >= 4 is 0 Å². The second-order valence-corrected chi connectivity index (χ2v) is 4.20. The summed E-state index contributed by atoms with van der Waals surface area (Å²) in [6.07, 6.45) is 2.39. The average Bonchev–Trinajstić information content (AvgIpc) is 2.56. The first-order valence-electron chi connectivity index (χ1n) is 5.56. The highest BCUT2D eigenvalue weighted by Crippen LogP contribution is 2.07. The maximum Gasteiger partial charge on any atom is 0.0619 e. The molecule has 1 saturated heterocycles. The van der Waals surface area contributed by atoms with Gasteiger partial charge in [-0.05, 0) is 25.8 Å². The van der Waals surface area contributed by atoms with Gasteiger partial charge in [0.25, 0.3) is 0 Å². The van der Waals surface area contributed by atoms with Crippen molar-refractivity contribution in [1.82, 2.24) is 15.1 Å². The molecule has 1 atom stereocenters. The van der Waals surface area contributed by atoms with Gasteiger partial charge in [-0.1, -0.05) is 0 Å². The number of hydrogen-bond acceptors (Lipinski definition) is 3. The molecule has 0 aliphatic carbocycles. The SMILES string of the molecule is Cc1cc(CNC2CCCOC2)n(C)n1. The molecule has 4 nitrogen and oxygen atoms in total. The van der Waals surface area contributed by atoms with Crippen LogP contribution in [0.1, 0.15) is 24.2 Å². The van der Waals surface area contributed by atoms with Gasteiger partial charge in [0.1, 0.15) is 0 Å². The van der Waals surface area contributed by atoms with Crippen molar-refractivity contribution in [2.45, 2.75) is 32.4 Å². The Bertz CT molecular complexity index is 316. The number of nitrogens with zero attached hydrogens (tertiary/aromatic N) is 2. The topological polar surface area (TPSA) is 39.1 Å². The lowest BCUT2D eigenvalue weighted by molar-refractivity contribution is 0.0697. The normalized spacial score (nSPS) is 21.9. The number of nitrogens with one attached hydrogen (secondary N) is 1. The van der Waals surface area contributed by atoms with E-state index in [4.69, 9.17) is 4.74 Å². The van der Waals surface area contributed by atoms with Gasteiger partial charge < -0.3 is 10.1 Å². The van der Waals surface area contributed by atoms with E-state index in [2.05, 4.69) is 16.5 Å². The van der Waals surface area contributed by atoms with E-state index in [1.807, 2.05) is 18.7 Å². The molecule has 4 heteroatoms. The molecule has 1 fully saturated rings. The summed E-state index contributed by atoms with van der Waals surface area (Å²) in [5.41, 5.74) is 2.31. The summed E-state index contributed by atoms with van der Waals surface area (Å²) in [5.74, 6) is 0. The van der Waals surface area contributed by atoms with Gasteiger partial charge in [0.15, 0.2) is 0 Å². The van der Waals surface area contributed by atoms with E-state index in [-0.39, 0.29) is 0 Å². The minimum atomic E-state index is 0.508. The molecule has 0 amide bonds. The third-order valence-corrected chi connectivity index (χ3v) is 2.83. The Hall–Kier alpha value is -0.870. The minimum absolute atomic E-state index is 0.508. The Kier molecular flexibility index (Phi) is 3.38. The Morgan fingerprint density at radius 1 is 1.67 bits per heavy atom. The molecule has 0 spiro atoms. The molecule has 0 bridgehead atoms. The lowest BCUT2D eigenvalue weighted by atomic mass is 10.1. The van der Waals surface area contributed by atoms with Crippen LogP contribution in [-0.4, -0.2) is 29.0 Å². The van der Waals surface area contributed by atoms with Crippen LogP contribution in [0.3, 0.4) is 0 Å². The fourth-order valence-corrected chi connectivity index (χ4v) is 1.98. The van der Waals surface area contributed by atoms with Crippen LogP contribution in [0.4, 0.5) is 0 Å². The summed E-state index contributed by atoms with van der Waals surface area (Å²) in [6.45, 7) is 4.67. The van der Waals surface area contributed by atoms with Crippen LogP contribution < -0.4 is 5.32 Å². The number of aromatic nitrogens is 2. The monoisotopic (exact) mass is 209 g/mol. The van der Waals surface area contributed by atoms with Crippen LogP contribution in [0.2, 0.25) is 0 Å². The molecule has 1 N–H and O–H groups in total. The predicted octanol–water partition coefficient (Wildman–Crippen LogP) is 0.997. The summed E-state index contributed by atoms with van der Waals surface area (Å²) in [5, 5.41) is 7.83. The molecule has 1 aliphatic rings. The molecule has 15 heavy (non-hydrogen) atoms. The lowest BCUT2D eigenvalue weighted by Gasteiger charge is -2.23. The first-order valence-corrected chi connectivity index (χ1v) is 5.56.